The van der Waals surface area contributed by atoms with Crippen molar-refractivity contribution in [3.05, 3.63) is 111 Å². The van der Waals surface area contributed by atoms with E-state index >= 15 is 0 Å². The number of Topliss-reactive ketones (excluding diaryl/α,β-unsaturated/α-hetero) is 1. The normalized spacial score (nSPS) is 16.7. The lowest BCUT2D eigenvalue weighted by atomic mass is 9.96. The largest absolute Gasteiger partial charge is 0.505 e. The number of aliphatic hydroxyl groups excluding tert-OH is 1. The van der Waals surface area contributed by atoms with Crippen LogP contribution in [0.5, 0.6) is 0 Å². The first kappa shape index (κ1) is 27.5. The highest BCUT2D eigenvalue weighted by Crippen LogP contribution is 2.44. The van der Waals surface area contributed by atoms with Crippen LogP contribution in [0.25, 0.3) is 11.4 Å². The van der Waals surface area contributed by atoms with Gasteiger partial charge in [0.05, 0.1) is 17.3 Å². The summed E-state index contributed by atoms with van der Waals surface area (Å²) in [5.41, 5.74) is 3.78. The van der Waals surface area contributed by atoms with Gasteiger partial charge in [0.2, 0.25) is 5.13 Å². The van der Waals surface area contributed by atoms with Crippen LogP contribution in [-0.2, 0) is 15.3 Å². The fourth-order valence-corrected chi connectivity index (χ4v) is 7.16. The molecule has 5 aromatic rings. The van der Waals surface area contributed by atoms with Crippen LogP contribution in [0, 0.1) is 13.8 Å². The van der Waals surface area contributed by atoms with Gasteiger partial charge < -0.3 is 9.51 Å². The number of benzene rings is 2. The van der Waals surface area contributed by atoms with Crippen LogP contribution >= 0.6 is 46.3 Å². The van der Waals surface area contributed by atoms with Crippen LogP contribution in [0.1, 0.15) is 34.1 Å². The quantitative estimate of drug-likeness (QED) is 0.0714. The van der Waals surface area contributed by atoms with Gasteiger partial charge in [-0.15, -0.1) is 10.2 Å². The minimum absolute atomic E-state index is 0.0955. The molecule has 6 rings (SSSR count). The Bertz CT molecular complexity index is 1880. The fourth-order valence-electron chi connectivity index (χ4n) is 4.81. The number of hydrogen-bond donors (Lipinski definition) is 1. The number of thioether (sulfide) groups is 1. The molecule has 1 amide bonds. The van der Waals surface area contributed by atoms with Crippen molar-refractivity contribution in [2.45, 2.75) is 30.0 Å². The number of aryl methyl sites for hydroxylation is 2. The Kier molecular flexibility index (Phi) is 7.33. The van der Waals surface area contributed by atoms with Gasteiger partial charge in [0.25, 0.3) is 5.78 Å². The fraction of sp³-hybridized carbons (Fsp3) is 0.138. The maximum Gasteiger partial charge on any atom is 0.301 e. The van der Waals surface area contributed by atoms with E-state index in [0.717, 1.165) is 11.1 Å². The number of anilines is 1. The summed E-state index contributed by atoms with van der Waals surface area (Å²) in [6, 6.07) is 17.1. The molecular formula is C29H21Cl2N5O3S2. The number of imidazole rings is 1. The topological polar surface area (TPSA) is 101 Å². The third-order valence-corrected chi connectivity index (χ3v) is 9.54. The zero-order valence-electron chi connectivity index (χ0n) is 21.7. The predicted octanol–water partition coefficient (Wildman–Crippen LogP) is 7.03. The molecule has 8 nitrogen and oxygen atoms in total. The molecule has 1 saturated heterocycles. The van der Waals surface area contributed by atoms with Gasteiger partial charge in [-0.2, -0.15) is 0 Å². The van der Waals surface area contributed by atoms with Gasteiger partial charge >= 0.3 is 5.91 Å². The summed E-state index contributed by atoms with van der Waals surface area (Å²) in [5, 5.41) is 21.4. The summed E-state index contributed by atoms with van der Waals surface area (Å²) in [5.74, 6) is -1.49. The predicted molar refractivity (Wildman–Crippen MR) is 162 cm³/mol. The van der Waals surface area contributed by atoms with Gasteiger partial charge in [0, 0.05) is 22.0 Å². The third kappa shape index (κ3) is 4.91. The average molecular weight is 623 g/mol. The van der Waals surface area contributed by atoms with Crippen LogP contribution in [0.3, 0.4) is 0 Å². The first-order valence-corrected chi connectivity index (χ1v) is 15.0. The number of fused-ring (bicyclic) bond motifs is 1. The molecule has 0 aliphatic carbocycles. The SMILES string of the molecule is Cc1cccn2c(C)c(/C(O)=C3\C(=O)C(=O)N(c4nnc(SCc5ccccc5Cl)s4)C3c3cccc(Cl)c3)nc12. The van der Waals surface area contributed by atoms with Gasteiger partial charge in [-0.25, -0.2) is 4.98 Å². The summed E-state index contributed by atoms with van der Waals surface area (Å²) in [6.07, 6.45) is 1.83. The van der Waals surface area contributed by atoms with Crippen molar-refractivity contribution in [2.75, 3.05) is 4.90 Å². The number of nitrogens with zero attached hydrogens (tertiary/aromatic N) is 5. The van der Waals surface area contributed by atoms with Crippen molar-refractivity contribution in [3.8, 4) is 0 Å². The average Bonchev–Trinajstić information content (AvgIpc) is 3.63. The van der Waals surface area contributed by atoms with E-state index in [4.69, 9.17) is 23.2 Å². The highest BCUT2D eigenvalue weighted by Gasteiger charge is 2.49. The standard InChI is InChI=1S/C29H21Cl2N5O3S2/c1-15-7-6-12-35-16(2)22(32-26(15)35)24(37)21-23(17-9-5-10-19(30)13-17)36(27(39)25(21)38)28-33-34-29(41-28)40-14-18-8-3-4-11-20(18)31/h3-13,23,37H,14H2,1-2H3/b24-21+. The Morgan fingerprint density at radius 3 is 2.61 bits per heavy atom. The second kappa shape index (κ2) is 10.9. The monoisotopic (exact) mass is 621 g/mol. The van der Waals surface area contributed by atoms with Crippen molar-refractivity contribution in [3.63, 3.8) is 0 Å². The molecule has 0 bridgehead atoms. The molecule has 12 heteroatoms. The molecule has 4 heterocycles. The van der Waals surface area contributed by atoms with E-state index in [1.165, 1.54) is 28.0 Å². The molecule has 0 saturated carbocycles. The van der Waals surface area contributed by atoms with Crippen LogP contribution in [-0.4, -0.2) is 36.4 Å². The molecule has 1 N–H and O–H groups in total. The molecule has 1 fully saturated rings. The van der Waals surface area contributed by atoms with Crippen LogP contribution in [0.15, 0.2) is 76.8 Å². The van der Waals surface area contributed by atoms with E-state index in [0.29, 0.717) is 37.0 Å². The molecule has 0 spiro atoms. The number of hydrogen-bond acceptors (Lipinski definition) is 8. The van der Waals surface area contributed by atoms with Crippen LogP contribution in [0.4, 0.5) is 5.13 Å². The minimum atomic E-state index is -0.992. The molecule has 206 valence electrons. The maximum atomic E-state index is 13.6. The molecule has 1 aliphatic rings. The van der Waals surface area contributed by atoms with Crippen molar-refractivity contribution in [2.24, 2.45) is 0 Å². The van der Waals surface area contributed by atoms with Crippen molar-refractivity contribution in [1.82, 2.24) is 19.6 Å². The Hall–Kier alpha value is -3.70. The highest BCUT2D eigenvalue weighted by molar-refractivity contribution is 8.00. The molecule has 0 radical (unpaired) electrons. The van der Waals surface area contributed by atoms with Gasteiger partial charge in [-0.3, -0.25) is 14.5 Å². The van der Waals surface area contributed by atoms with E-state index in [1.54, 1.807) is 31.2 Å². The van der Waals surface area contributed by atoms with Crippen molar-refractivity contribution >= 4 is 74.5 Å². The first-order chi connectivity index (χ1) is 19.7. The van der Waals surface area contributed by atoms with Crippen LogP contribution in [0.2, 0.25) is 10.0 Å². The van der Waals surface area contributed by atoms with Gasteiger partial charge in [0.15, 0.2) is 10.1 Å². The molecule has 1 atom stereocenters. The number of pyridine rings is 1. The van der Waals surface area contributed by atoms with Crippen LogP contribution < -0.4 is 4.90 Å². The lowest BCUT2D eigenvalue weighted by molar-refractivity contribution is -0.132. The summed E-state index contributed by atoms with van der Waals surface area (Å²) in [6.45, 7) is 3.71. The summed E-state index contributed by atoms with van der Waals surface area (Å²) in [4.78, 5) is 33.0. The zero-order valence-corrected chi connectivity index (χ0v) is 24.9. The Morgan fingerprint density at radius 2 is 1.85 bits per heavy atom. The number of halogens is 2. The zero-order chi connectivity index (χ0) is 28.8. The van der Waals surface area contributed by atoms with Gasteiger partial charge in [0.1, 0.15) is 11.3 Å². The second-order valence-corrected chi connectivity index (χ2v) is 12.4. The Labute approximate surface area is 253 Å². The number of ketones is 1. The number of rotatable bonds is 6. The molecule has 3 aromatic heterocycles. The molecular weight excluding hydrogens is 601 g/mol. The number of aromatic nitrogens is 4. The molecule has 2 aromatic carbocycles. The van der Waals surface area contributed by atoms with E-state index in [1.807, 2.05) is 53.9 Å². The van der Waals surface area contributed by atoms with Crippen molar-refractivity contribution in [1.29, 1.82) is 0 Å². The summed E-state index contributed by atoms with van der Waals surface area (Å²) in [7, 11) is 0. The smallest absolute Gasteiger partial charge is 0.301 e. The Morgan fingerprint density at radius 1 is 1.05 bits per heavy atom. The van der Waals surface area contributed by atoms with Crippen molar-refractivity contribution < 1.29 is 14.7 Å². The van der Waals surface area contributed by atoms with E-state index in [9.17, 15) is 14.7 Å². The van der Waals surface area contributed by atoms with Gasteiger partial charge in [-0.1, -0.05) is 82.7 Å². The summed E-state index contributed by atoms with van der Waals surface area (Å²) < 4.78 is 2.43. The van der Waals surface area contributed by atoms with E-state index < -0.39 is 17.7 Å². The maximum absolute atomic E-state index is 13.6. The minimum Gasteiger partial charge on any atom is -0.505 e. The molecule has 41 heavy (non-hydrogen) atoms. The molecule has 1 unspecified atom stereocenters. The number of amides is 1. The highest BCUT2D eigenvalue weighted by atomic mass is 35.5. The number of carbonyl (C=O) groups excluding carboxylic acids is 2. The number of aliphatic hydroxyl groups is 1. The third-order valence-electron chi connectivity index (χ3n) is 6.83. The van der Waals surface area contributed by atoms with E-state index in [-0.39, 0.29) is 22.2 Å². The second-order valence-electron chi connectivity index (χ2n) is 9.39. The Balaban J connectivity index is 1.44. The first-order valence-electron chi connectivity index (χ1n) is 12.5. The lowest BCUT2D eigenvalue weighted by Crippen LogP contribution is -2.29. The number of carbonyl (C=O) groups is 2. The molecule has 1 aliphatic heterocycles. The van der Waals surface area contributed by atoms with E-state index in [2.05, 4.69) is 15.2 Å². The lowest BCUT2D eigenvalue weighted by Gasteiger charge is -2.22. The van der Waals surface area contributed by atoms with Gasteiger partial charge in [-0.05, 0) is 54.8 Å². The summed E-state index contributed by atoms with van der Waals surface area (Å²) >= 11 is 15.2.